The normalized spacial score (nSPS) is 12.1. The van der Waals surface area contributed by atoms with Crippen LogP contribution in [0, 0.1) is 0 Å². The van der Waals surface area contributed by atoms with Gasteiger partial charge in [-0.2, -0.15) is 4.99 Å². The molecule has 1 unspecified atom stereocenters. The standard InChI is InChI=1S/C14H27NO2/c1-3-5-7-8-10-12-17-14(15-13-16)11-9-6-4-2/h14H,3-12H2,1-2H3. The summed E-state index contributed by atoms with van der Waals surface area (Å²) in [6.07, 6.45) is 11.7. The number of nitrogens with zero attached hydrogens (tertiary/aromatic N) is 1. The minimum atomic E-state index is -0.259. The largest absolute Gasteiger partial charge is 0.356 e. The SMILES string of the molecule is CCCCCCCOC(CCCCC)N=C=O. The van der Waals surface area contributed by atoms with Crippen LogP contribution >= 0.6 is 0 Å². The first-order valence-electron chi connectivity index (χ1n) is 7.03. The molecule has 0 saturated heterocycles. The predicted molar refractivity (Wildman–Crippen MR) is 70.8 cm³/mol. The maximum atomic E-state index is 10.3. The summed E-state index contributed by atoms with van der Waals surface area (Å²) in [5.74, 6) is 0. The van der Waals surface area contributed by atoms with Crippen molar-refractivity contribution < 1.29 is 9.53 Å². The summed E-state index contributed by atoms with van der Waals surface area (Å²) < 4.78 is 5.58. The molecule has 0 aliphatic carbocycles. The first kappa shape index (κ1) is 16.3. The van der Waals surface area contributed by atoms with Crippen LogP contribution in [0.4, 0.5) is 0 Å². The molecular formula is C14H27NO2. The van der Waals surface area contributed by atoms with Gasteiger partial charge in [-0.25, -0.2) is 4.79 Å². The van der Waals surface area contributed by atoms with E-state index in [-0.39, 0.29) is 6.23 Å². The van der Waals surface area contributed by atoms with Gasteiger partial charge in [0.1, 0.15) is 0 Å². The summed E-state index contributed by atoms with van der Waals surface area (Å²) in [7, 11) is 0. The Balaban J connectivity index is 3.52. The molecule has 0 aliphatic heterocycles. The van der Waals surface area contributed by atoms with Gasteiger partial charge in [0.25, 0.3) is 0 Å². The van der Waals surface area contributed by atoms with Crippen LogP contribution in [0.2, 0.25) is 0 Å². The van der Waals surface area contributed by atoms with Crippen molar-refractivity contribution in [1.82, 2.24) is 0 Å². The van der Waals surface area contributed by atoms with Crippen molar-refractivity contribution in [2.75, 3.05) is 6.61 Å². The minimum Gasteiger partial charge on any atom is -0.356 e. The van der Waals surface area contributed by atoms with Crippen LogP contribution in [-0.4, -0.2) is 18.9 Å². The zero-order chi connectivity index (χ0) is 12.8. The number of unbranched alkanes of at least 4 members (excludes halogenated alkanes) is 6. The lowest BCUT2D eigenvalue weighted by Crippen LogP contribution is -2.11. The van der Waals surface area contributed by atoms with Crippen LogP contribution in [0.25, 0.3) is 0 Å². The summed E-state index contributed by atoms with van der Waals surface area (Å²) in [5, 5.41) is 0. The van der Waals surface area contributed by atoms with Crippen LogP contribution in [0.15, 0.2) is 4.99 Å². The van der Waals surface area contributed by atoms with E-state index in [0.29, 0.717) is 6.61 Å². The second-order valence-corrected chi connectivity index (χ2v) is 4.46. The number of rotatable bonds is 12. The maximum Gasteiger partial charge on any atom is 0.237 e. The first-order chi connectivity index (χ1) is 8.35. The summed E-state index contributed by atoms with van der Waals surface area (Å²) in [6.45, 7) is 5.08. The second kappa shape index (κ2) is 13.4. The Morgan fingerprint density at radius 3 is 2.29 bits per heavy atom. The zero-order valence-electron chi connectivity index (χ0n) is 11.4. The van der Waals surface area contributed by atoms with E-state index in [1.807, 2.05) is 0 Å². The first-order valence-corrected chi connectivity index (χ1v) is 7.03. The molecular weight excluding hydrogens is 214 g/mol. The van der Waals surface area contributed by atoms with Crippen molar-refractivity contribution in [2.24, 2.45) is 4.99 Å². The molecule has 3 heteroatoms. The van der Waals surface area contributed by atoms with E-state index in [0.717, 1.165) is 19.3 Å². The molecule has 0 heterocycles. The maximum absolute atomic E-state index is 10.3. The van der Waals surface area contributed by atoms with E-state index in [4.69, 9.17) is 4.74 Å². The fraction of sp³-hybridized carbons (Fsp3) is 0.929. The Bertz CT molecular complexity index is 200. The molecule has 0 bridgehead atoms. The molecule has 100 valence electrons. The molecule has 3 nitrogen and oxygen atoms in total. The number of hydrogen-bond acceptors (Lipinski definition) is 3. The van der Waals surface area contributed by atoms with E-state index in [9.17, 15) is 4.79 Å². The van der Waals surface area contributed by atoms with E-state index in [1.54, 1.807) is 6.08 Å². The number of hydrogen-bond donors (Lipinski definition) is 0. The van der Waals surface area contributed by atoms with E-state index < -0.39 is 0 Å². The summed E-state index contributed by atoms with van der Waals surface area (Å²) in [4.78, 5) is 14.0. The predicted octanol–water partition coefficient (Wildman–Crippen LogP) is 4.22. The van der Waals surface area contributed by atoms with Crippen molar-refractivity contribution >= 4 is 6.08 Å². The Hall–Kier alpha value is -0.660. The third-order valence-electron chi connectivity index (χ3n) is 2.81. The molecule has 0 aromatic heterocycles. The van der Waals surface area contributed by atoms with Crippen molar-refractivity contribution in [3.63, 3.8) is 0 Å². The minimum absolute atomic E-state index is 0.259. The van der Waals surface area contributed by atoms with Gasteiger partial charge >= 0.3 is 0 Å². The molecule has 0 rings (SSSR count). The van der Waals surface area contributed by atoms with Crippen LogP contribution in [0.3, 0.4) is 0 Å². The van der Waals surface area contributed by atoms with Crippen molar-refractivity contribution in [2.45, 2.75) is 77.9 Å². The topological polar surface area (TPSA) is 38.7 Å². The quantitative estimate of drug-likeness (QED) is 0.291. The number of ether oxygens (including phenoxy) is 1. The van der Waals surface area contributed by atoms with Gasteiger partial charge in [-0.3, -0.25) is 0 Å². The smallest absolute Gasteiger partial charge is 0.237 e. The molecule has 0 radical (unpaired) electrons. The second-order valence-electron chi connectivity index (χ2n) is 4.46. The Labute approximate surface area is 106 Å². The van der Waals surface area contributed by atoms with Gasteiger partial charge in [0.15, 0.2) is 6.23 Å². The van der Waals surface area contributed by atoms with Crippen LogP contribution in [0.1, 0.15) is 71.6 Å². The number of aliphatic imine (C=N–C) groups is 1. The average molecular weight is 241 g/mol. The molecule has 1 atom stereocenters. The lowest BCUT2D eigenvalue weighted by Gasteiger charge is -2.11. The van der Waals surface area contributed by atoms with Crippen LogP contribution in [0.5, 0.6) is 0 Å². The van der Waals surface area contributed by atoms with E-state index in [2.05, 4.69) is 18.8 Å². The molecule has 0 N–H and O–H groups in total. The van der Waals surface area contributed by atoms with Crippen molar-refractivity contribution in [3.8, 4) is 0 Å². The van der Waals surface area contributed by atoms with Gasteiger partial charge in [0, 0.05) is 6.61 Å². The highest BCUT2D eigenvalue weighted by molar-refractivity contribution is 5.33. The molecule has 0 aromatic rings. The lowest BCUT2D eigenvalue weighted by atomic mass is 10.1. The fourth-order valence-electron chi connectivity index (χ4n) is 1.74. The van der Waals surface area contributed by atoms with Gasteiger partial charge in [-0.05, 0) is 19.3 Å². The number of isocyanates is 1. The Morgan fingerprint density at radius 1 is 1.00 bits per heavy atom. The number of carbonyl (C=O) groups excluding carboxylic acids is 1. The van der Waals surface area contributed by atoms with E-state index >= 15 is 0 Å². The highest BCUT2D eigenvalue weighted by atomic mass is 16.5. The summed E-state index contributed by atoms with van der Waals surface area (Å²) in [5.41, 5.74) is 0. The third-order valence-corrected chi connectivity index (χ3v) is 2.81. The summed E-state index contributed by atoms with van der Waals surface area (Å²) in [6, 6.07) is 0. The van der Waals surface area contributed by atoms with Crippen molar-refractivity contribution in [3.05, 3.63) is 0 Å². The fourth-order valence-corrected chi connectivity index (χ4v) is 1.74. The monoisotopic (exact) mass is 241 g/mol. The Kier molecular flexibility index (Phi) is 12.9. The average Bonchev–Trinajstić information content (AvgIpc) is 2.34. The highest BCUT2D eigenvalue weighted by Crippen LogP contribution is 2.09. The molecule has 0 spiro atoms. The molecule has 0 aromatic carbocycles. The van der Waals surface area contributed by atoms with Crippen molar-refractivity contribution in [1.29, 1.82) is 0 Å². The van der Waals surface area contributed by atoms with Gasteiger partial charge in [0.05, 0.1) is 0 Å². The molecule has 0 saturated carbocycles. The highest BCUT2D eigenvalue weighted by Gasteiger charge is 2.05. The molecule has 0 amide bonds. The van der Waals surface area contributed by atoms with Crippen LogP contribution < -0.4 is 0 Å². The van der Waals surface area contributed by atoms with Crippen LogP contribution in [-0.2, 0) is 9.53 Å². The third kappa shape index (κ3) is 11.6. The Morgan fingerprint density at radius 2 is 1.65 bits per heavy atom. The van der Waals surface area contributed by atoms with E-state index in [1.165, 1.54) is 38.5 Å². The van der Waals surface area contributed by atoms with Gasteiger partial charge < -0.3 is 4.74 Å². The van der Waals surface area contributed by atoms with Gasteiger partial charge in [-0.1, -0.05) is 52.4 Å². The summed E-state index contributed by atoms with van der Waals surface area (Å²) >= 11 is 0. The lowest BCUT2D eigenvalue weighted by molar-refractivity contribution is 0.0493. The van der Waals surface area contributed by atoms with Gasteiger partial charge in [-0.15, -0.1) is 0 Å². The molecule has 0 fully saturated rings. The van der Waals surface area contributed by atoms with Gasteiger partial charge in [0.2, 0.25) is 6.08 Å². The molecule has 0 aliphatic rings. The molecule has 17 heavy (non-hydrogen) atoms. The zero-order valence-corrected chi connectivity index (χ0v) is 11.4.